The quantitative estimate of drug-likeness (QED) is 0.517. The van der Waals surface area contributed by atoms with E-state index in [0.717, 1.165) is 22.5 Å². The number of likely N-dealkylation sites (N-methyl/N-ethyl adjacent to an activating group) is 1. The minimum atomic E-state index is -4.26. The normalized spacial score (nSPS) is 18.0. The van der Waals surface area contributed by atoms with Gasteiger partial charge in [-0.15, -0.1) is 0 Å². The van der Waals surface area contributed by atoms with Crippen molar-refractivity contribution in [3.05, 3.63) is 89.8 Å². The topological polar surface area (TPSA) is 34.0 Å². The zero-order valence-electron chi connectivity index (χ0n) is 17.9. The van der Waals surface area contributed by atoms with Crippen molar-refractivity contribution in [2.45, 2.75) is 37.9 Å². The first-order chi connectivity index (χ1) is 15.2. The van der Waals surface area contributed by atoms with Gasteiger partial charge >= 0.3 is 6.18 Å². The lowest BCUT2D eigenvalue weighted by Gasteiger charge is -2.24. The number of hydrogen-bond donors (Lipinski definition) is 0. The van der Waals surface area contributed by atoms with E-state index in [0.29, 0.717) is 29.0 Å². The molecule has 1 aliphatic heterocycles. The Hall–Kier alpha value is -3.35. The summed E-state index contributed by atoms with van der Waals surface area (Å²) in [5.74, 6) is 0.693. The zero-order chi connectivity index (χ0) is 22.7. The SMILES string of the molecule is C=C1C(C)=CC(c2nc3ccc(C4(C(F)(F)F)CC4)cc3n2Cc2ccccn2)=CN1C. The third-order valence-electron chi connectivity index (χ3n) is 6.48. The van der Waals surface area contributed by atoms with Gasteiger partial charge in [-0.3, -0.25) is 4.98 Å². The van der Waals surface area contributed by atoms with Gasteiger partial charge in [-0.05, 0) is 61.2 Å². The Balaban J connectivity index is 1.69. The second kappa shape index (κ2) is 7.08. The molecule has 3 aromatic rings. The van der Waals surface area contributed by atoms with Crippen LogP contribution in [0.5, 0.6) is 0 Å². The number of benzene rings is 1. The van der Waals surface area contributed by atoms with Gasteiger partial charge in [0.2, 0.25) is 0 Å². The Bertz CT molecular complexity index is 1280. The highest BCUT2D eigenvalue weighted by Crippen LogP contribution is 2.59. The number of rotatable bonds is 4. The molecule has 1 aromatic carbocycles. The van der Waals surface area contributed by atoms with Gasteiger partial charge < -0.3 is 9.47 Å². The predicted octanol–water partition coefficient (Wildman–Crippen LogP) is 5.82. The van der Waals surface area contributed by atoms with Crippen LogP contribution >= 0.6 is 0 Å². The number of alkyl halides is 3. The number of hydrogen-bond acceptors (Lipinski definition) is 3. The molecule has 2 aromatic heterocycles. The fourth-order valence-electron chi connectivity index (χ4n) is 4.36. The van der Waals surface area contributed by atoms with E-state index in [2.05, 4.69) is 11.6 Å². The van der Waals surface area contributed by atoms with E-state index >= 15 is 0 Å². The van der Waals surface area contributed by atoms with Gasteiger partial charge in [0, 0.05) is 30.7 Å². The van der Waals surface area contributed by atoms with E-state index in [-0.39, 0.29) is 12.8 Å². The van der Waals surface area contributed by atoms with Crippen molar-refractivity contribution in [2.24, 2.45) is 0 Å². The second-order valence-corrected chi connectivity index (χ2v) is 8.60. The standard InChI is InChI=1S/C25H23F3N4/c1-16-12-18(14-31(3)17(16)2)23-30-21-8-7-19(24(9-10-24)25(26,27)28)13-22(21)32(23)15-20-6-4-5-11-29-20/h4-8,11-14H,2,9-10,15H2,1,3H3. The molecule has 3 heterocycles. The van der Waals surface area contributed by atoms with Gasteiger partial charge in [0.15, 0.2) is 0 Å². The van der Waals surface area contributed by atoms with E-state index in [4.69, 9.17) is 4.98 Å². The van der Waals surface area contributed by atoms with Crippen LogP contribution in [0.25, 0.3) is 16.6 Å². The Kier molecular flexibility index (Phi) is 4.55. The molecule has 0 N–H and O–H groups in total. The van der Waals surface area contributed by atoms with Crippen LogP contribution in [-0.2, 0) is 12.0 Å². The maximum absolute atomic E-state index is 13.8. The first-order valence-corrected chi connectivity index (χ1v) is 10.5. The molecule has 0 amide bonds. The summed E-state index contributed by atoms with van der Waals surface area (Å²) < 4.78 is 43.3. The van der Waals surface area contributed by atoms with E-state index < -0.39 is 11.6 Å². The molecule has 32 heavy (non-hydrogen) atoms. The lowest BCUT2D eigenvalue weighted by Crippen LogP contribution is -2.28. The Morgan fingerprint density at radius 3 is 2.56 bits per heavy atom. The number of allylic oxidation sites excluding steroid dienone is 3. The molecule has 0 spiro atoms. The van der Waals surface area contributed by atoms with Crippen LogP contribution < -0.4 is 0 Å². The van der Waals surface area contributed by atoms with Crippen molar-refractivity contribution < 1.29 is 13.2 Å². The van der Waals surface area contributed by atoms with Crippen molar-refractivity contribution in [2.75, 3.05) is 7.05 Å². The molecule has 0 atom stereocenters. The van der Waals surface area contributed by atoms with Crippen molar-refractivity contribution in [3.63, 3.8) is 0 Å². The van der Waals surface area contributed by atoms with E-state index in [1.54, 1.807) is 24.4 Å². The van der Waals surface area contributed by atoms with Crippen molar-refractivity contribution in [3.8, 4) is 0 Å². The number of aromatic nitrogens is 3. The fourth-order valence-corrected chi connectivity index (χ4v) is 4.36. The number of halogens is 3. The number of pyridine rings is 1. The van der Waals surface area contributed by atoms with Gasteiger partial charge in [-0.2, -0.15) is 13.2 Å². The smallest absolute Gasteiger partial charge is 0.351 e. The average molecular weight is 436 g/mol. The summed E-state index contributed by atoms with van der Waals surface area (Å²) in [4.78, 5) is 11.2. The van der Waals surface area contributed by atoms with Crippen molar-refractivity contribution >= 4 is 16.6 Å². The third-order valence-corrected chi connectivity index (χ3v) is 6.48. The lowest BCUT2D eigenvalue weighted by atomic mass is 9.95. The molecule has 5 rings (SSSR count). The number of nitrogens with zero attached hydrogens (tertiary/aromatic N) is 4. The molecule has 1 saturated carbocycles. The third kappa shape index (κ3) is 3.23. The van der Waals surface area contributed by atoms with Crippen molar-refractivity contribution in [1.82, 2.24) is 19.4 Å². The van der Waals surface area contributed by atoms with Crippen LogP contribution in [0.2, 0.25) is 0 Å². The second-order valence-electron chi connectivity index (χ2n) is 8.60. The van der Waals surface area contributed by atoms with Gasteiger partial charge in [0.1, 0.15) is 5.82 Å². The minimum Gasteiger partial charge on any atom is -0.351 e. The lowest BCUT2D eigenvalue weighted by molar-refractivity contribution is -0.160. The highest BCUT2D eigenvalue weighted by molar-refractivity contribution is 5.84. The molecular weight excluding hydrogens is 413 g/mol. The summed E-state index contributed by atoms with van der Waals surface area (Å²) in [6, 6.07) is 10.6. The Labute approximate surface area is 184 Å². The highest BCUT2D eigenvalue weighted by Gasteiger charge is 2.64. The maximum atomic E-state index is 13.8. The van der Waals surface area contributed by atoms with Gasteiger partial charge in [0.05, 0.1) is 28.7 Å². The molecule has 1 aliphatic carbocycles. The monoisotopic (exact) mass is 436 g/mol. The zero-order valence-corrected chi connectivity index (χ0v) is 17.9. The Morgan fingerprint density at radius 1 is 1.16 bits per heavy atom. The molecule has 0 saturated heterocycles. The molecule has 0 unspecified atom stereocenters. The van der Waals surface area contributed by atoms with Crippen LogP contribution in [0, 0.1) is 0 Å². The summed E-state index contributed by atoms with van der Waals surface area (Å²) in [6.07, 6.45) is 1.67. The summed E-state index contributed by atoms with van der Waals surface area (Å²) in [5.41, 5.74) is 3.50. The molecule has 2 aliphatic rings. The number of imidazole rings is 1. The summed E-state index contributed by atoms with van der Waals surface area (Å²) >= 11 is 0. The van der Waals surface area contributed by atoms with E-state index in [1.807, 2.05) is 53.9 Å². The molecule has 164 valence electrons. The average Bonchev–Trinajstić information content (AvgIpc) is 3.51. The largest absolute Gasteiger partial charge is 0.398 e. The van der Waals surface area contributed by atoms with Crippen LogP contribution in [0.15, 0.2) is 72.7 Å². The molecule has 1 fully saturated rings. The molecule has 7 heteroatoms. The first kappa shape index (κ1) is 20.5. The van der Waals surface area contributed by atoms with Gasteiger partial charge in [-0.1, -0.05) is 18.7 Å². The van der Waals surface area contributed by atoms with E-state index in [9.17, 15) is 13.2 Å². The molecule has 0 bridgehead atoms. The van der Waals surface area contributed by atoms with Crippen molar-refractivity contribution in [1.29, 1.82) is 0 Å². The Morgan fingerprint density at radius 2 is 1.94 bits per heavy atom. The molecule has 0 radical (unpaired) electrons. The van der Waals surface area contributed by atoms with Gasteiger partial charge in [0.25, 0.3) is 0 Å². The van der Waals surface area contributed by atoms with Crippen LogP contribution in [-0.4, -0.2) is 32.7 Å². The van der Waals surface area contributed by atoms with E-state index in [1.165, 1.54) is 0 Å². The molecule has 4 nitrogen and oxygen atoms in total. The molecular formula is C25H23F3N4. The summed E-state index contributed by atoms with van der Waals surface area (Å²) in [6.45, 7) is 6.46. The predicted molar refractivity (Wildman–Crippen MR) is 119 cm³/mol. The minimum absolute atomic E-state index is 0.128. The van der Waals surface area contributed by atoms with Crippen LogP contribution in [0.1, 0.15) is 36.8 Å². The van der Waals surface area contributed by atoms with Crippen LogP contribution in [0.3, 0.4) is 0 Å². The highest BCUT2D eigenvalue weighted by atomic mass is 19.4. The summed E-state index contributed by atoms with van der Waals surface area (Å²) in [5, 5.41) is 0. The number of fused-ring (bicyclic) bond motifs is 1. The van der Waals surface area contributed by atoms with Crippen LogP contribution in [0.4, 0.5) is 13.2 Å². The van der Waals surface area contributed by atoms with Gasteiger partial charge in [-0.25, -0.2) is 4.98 Å². The summed E-state index contributed by atoms with van der Waals surface area (Å²) in [7, 11) is 1.92. The first-order valence-electron chi connectivity index (χ1n) is 10.5. The fraction of sp³-hybridized carbons (Fsp3) is 0.280. The maximum Gasteiger partial charge on any atom is 0.398 e.